The fourth-order valence-electron chi connectivity index (χ4n) is 3.96. The minimum absolute atomic E-state index is 0.168. The Morgan fingerprint density at radius 2 is 1.51 bits per heavy atom. The zero-order valence-corrected chi connectivity index (χ0v) is 22.2. The molecule has 0 bridgehead atoms. The number of amides is 1. The van der Waals surface area contributed by atoms with Crippen molar-refractivity contribution in [2.45, 2.75) is 58.4 Å². The lowest BCUT2D eigenvalue weighted by Gasteiger charge is -2.21. The second-order valence-corrected chi connectivity index (χ2v) is 10.9. The molecule has 0 aliphatic heterocycles. The summed E-state index contributed by atoms with van der Waals surface area (Å²) < 4.78 is 33.9. The quantitative estimate of drug-likeness (QED) is 0.400. The number of aryl methyl sites for hydroxylation is 3. The van der Waals surface area contributed by atoms with Crippen LogP contribution in [0.2, 0.25) is 0 Å². The second kappa shape index (κ2) is 10.5. The van der Waals surface area contributed by atoms with Crippen molar-refractivity contribution in [3.63, 3.8) is 0 Å². The Labute approximate surface area is 208 Å². The van der Waals surface area contributed by atoms with Crippen molar-refractivity contribution >= 4 is 21.6 Å². The highest BCUT2D eigenvalue weighted by atomic mass is 32.2. The van der Waals surface area contributed by atoms with E-state index in [9.17, 15) is 13.2 Å². The lowest BCUT2D eigenvalue weighted by atomic mass is 9.93. The van der Waals surface area contributed by atoms with Crippen LogP contribution in [0.25, 0.3) is 0 Å². The molecule has 0 aromatic heterocycles. The molecule has 2 N–H and O–H groups in total. The summed E-state index contributed by atoms with van der Waals surface area (Å²) in [6.07, 6.45) is 0. The summed E-state index contributed by atoms with van der Waals surface area (Å²) in [5, 5.41) is 3.05. The third-order valence-electron chi connectivity index (χ3n) is 6.13. The van der Waals surface area contributed by atoms with Crippen LogP contribution in [0, 0.1) is 20.8 Å². The molecule has 1 amide bonds. The molecule has 6 nitrogen and oxygen atoms in total. The second-order valence-electron chi connectivity index (χ2n) is 9.25. The van der Waals surface area contributed by atoms with Gasteiger partial charge in [-0.15, -0.1) is 0 Å². The molecule has 3 rings (SSSR count). The van der Waals surface area contributed by atoms with Crippen molar-refractivity contribution < 1.29 is 17.9 Å². The Morgan fingerprint density at radius 3 is 2.11 bits per heavy atom. The van der Waals surface area contributed by atoms with Crippen LogP contribution in [0.4, 0.5) is 5.69 Å². The van der Waals surface area contributed by atoms with E-state index in [1.807, 2.05) is 26.8 Å². The van der Waals surface area contributed by atoms with E-state index in [1.54, 1.807) is 56.5 Å². The number of rotatable bonds is 8. The molecule has 1 atom stereocenters. The van der Waals surface area contributed by atoms with Crippen molar-refractivity contribution in [2.75, 3.05) is 11.8 Å². The summed E-state index contributed by atoms with van der Waals surface area (Å²) in [6.45, 7) is 11.8. The Morgan fingerprint density at radius 1 is 0.857 bits per heavy atom. The van der Waals surface area contributed by atoms with Crippen LogP contribution in [-0.2, 0) is 10.0 Å². The summed E-state index contributed by atoms with van der Waals surface area (Å²) in [5.74, 6) is 0.826. The van der Waals surface area contributed by atoms with E-state index in [0.717, 1.165) is 33.6 Å². The van der Waals surface area contributed by atoms with Gasteiger partial charge < -0.3 is 10.1 Å². The first kappa shape index (κ1) is 26.3. The minimum Gasteiger partial charge on any atom is -0.496 e. The van der Waals surface area contributed by atoms with Crippen LogP contribution in [0.5, 0.6) is 5.75 Å². The molecular formula is C28H34N2O4S. The van der Waals surface area contributed by atoms with Gasteiger partial charge in [-0.1, -0.05) is 37.6 Å². The van der Waals surface area contributed by atoms with Gasteiger partial charge in [0.1, 0.15) is 5.75 Å². The number of carbonyl (C=O) groups excluding carboxylic acids is 1. The van der Waals surface area contributed by atoms with Crippen LogP contribution < -0.4 is 14.8 Å². The van der Waals surface area contributed by atoms with E-state index in [1.165, 1.54) is 0 Å². The van der Waals surface area contributed by atoms with Gasteiger partial charge in [-0.2, -0.15) is 0 Å². The van der Waals surface area contributed by atoms with Crippen molar-refractivity contribution in [3.8, 4) is 5.75 Å². The monoisotopic (exact) mass is 494 g/mol. The number of nitrogens with one attached hydrogen (secondary N) is 2. The Kier molecular flexibility index (Phi) is 7.90. The summed E-state index contributed by atoms with van der Waals surface area (Å²) in [6, 6.07) is 15.5. The highest BCUT2D eigenvalue weighted by molar-refractivity contribution is 7.92. The normalized spacial score (nSPS) is 12.3. The first-order valence-electron chi connectivity index (χ1n) is 11.6. The Hall–Kier alpha value is -3.32. The molecule has 0 radical (unpaired) electrons. The molecule has 0 fully saturated rings. The highest BCUT2D eigenvalue weighted by Gasteiger charge is 2.20. The van der Waals surface area contributed by atoms with E-state index in [4.69, 9.17) is 4.74 Å². The first-order valence-corrected chi connectivity index (χ1v) is 13.1. The SMILES string of the molecule is COc1cc(C)c([C@H](C)NC(=O)c2ccc(C)c(NS(=O)(=O)c3ccc(C)cc3)c2)cc1C(C)C. The number of ether oxygens (including phenoxy) is 1. The molecule has 0 spiro atoms. The average Bonchev–Trinajstić information content (AvgIpc) is 2.80. The van der Waals surface area contributed by atoms with Gasteiger partial charge in [0.25, 0.3) is 15.9 Å². The highest BCUT2D eigenvalue weighted by Crippen LogP contribution is 2.32. The zero-order chi connectivity index (χ0) is 25.9. The van der Waals surface area contributed by atoms with Crippen molar-refractivity contribution in [3.05, 3.63) is 88.0 Å². The summed E-state index contributed by atoms with van der Waals surface area (Å²) in [7, 11) is -2.12. The van der Waals surface area contributed by atoms with Crippen LogP contribution >= 0.6 is 0 Å². The number of anilines is 1. The molecule has 0 saturated heterocycles. The van der Waals surface area contributed by atoms with Crippen LogP contribution in [-0.4, -0.2) is 21.4 Å². The van der Waals surface area contributed by atoms with Crippen molar-refractivity contribution in [1.82, 2.24) is 5.32 Å². The maximum absolute atomic E-state index is 13.1. The number of hydrogen-bond acceptors (Lipinski definition) is 4. The van der Waals surface area contributed by atoms with E-state index in [2.05, 4.69) is 30.0 Å². The van der Waals surface area contributed by atoms with Gasteiger partial charge in [0.15, 0.2) is 0 Å². The zero-order valence-electron chi connectivity index (χ0n) is 21.4. The van der Waals surface area contributed by atoms with E-state index in [0.29, 0.717) is 11.3 Å². The van der Waals surface area contributed by atoms with Gasteiger partial charge in [0.2, 0.25) is 0 Å². The largest absolute Gasteiger partial charge is 0.496 e. The molecule has 186 valence electrons. The third kappa shape index (κ3) is 6.03. The maximum Gasteiger partial charge on any atom is 0.261 e. The predicted octanol–water partition coefficient (Wildman–Crippen LogP) is 6.04. The van der Waals surface area contributed by atoms with E-state index < -0.39 is 10.0 Å². The molecule has 35 heavy (non-hydrogen) atoms. The third-order valence-corrected chi connectivity index (χ3v) is 7.51. The standard InChI is InChI=1S/C28H34N2O4S/c1-17(2)24-16-25(20(5)14-27(24)34-7)21(6)29-28(31)22-11-10-19(4)26(15-22)30-35(32,33)23-12-8-18(3)9-13-23/h8-17,21,30H,1-7H3,(H,29,31)/t21-/m0/s1. The fraction of sp³-hybridized carbons (Fsp3) is 0.321. The molecule has 0 unspecified atom stereocenters. The molecule has 0 heterocycles. The number of hydrogen-bond donors (Lipinski definition) is 2. The summed E-state index contributed by atoms with van der Waals surface area (Å²) in [4.78, 5) is 13.3. The fourth-order valence-corrected chi connectivity index (χ4v) is 5.08. The molecule has 3 aromatic carbocycles. The van der Waals surface area contributed by atoms with E-state index >= 15 is 0 Å². The van der Waals surface area contributed by atoms with Crippen LogP contribution in [0.3, 0.4) is 0 Å². The van der Waals surface area contributed by atoms with Gasteiger partial charge in [0.05, 0.1) is 23.7 Å². The average molecular weight is 495 g/mol. The van der Waals surface area contributed by atoms with Crippen molar-refractivity contribution in [2.24, 2.45) is 0 Å². The number of methoxy groups -OCH3 is 1. The smallest absolute Gasteiger partial charge is 0.261 e. The number of carbonyl (C=O) groups is 1. The topological polar surface area (TPSA) is 84.5 Å². The first-order chi connectivity index (χ1) is 16.4. The predicted molar refractivity (Wildman–Crippen MR) is 141 cm³/mol. The van der Waals surface area contributed by atoms with Crippen LogP contribution in [0.1, 0.15) is 70.9 Å². The molecule has 7 heteroatoms. The van der Waals surface area contributed by atoms with Gasteiger partial charge >= 0.3 is 0 Å². The molecule has 0 saturated carbocycles. The molecule has 3 aromatic rings. The molecule has 0 aliphatic carbocycles. The molecule has 0 aliphatic rings. The summed E-state index contributed by atoms with van der Waals surface area (Å²) in [5.41, 5.74) is 5.55. The van der Waals surface area contributed by atoms with Gasteiger partial charge in [0, 0.05) is 5.56 Å². The van der Waals surface area contributed by atoms with Crippen molar-refractivity contribution in [1.29, 1.82) is 0 Å². The van der Waals surface area contributed by atoms with Gasteiger partial charge in [-0.3, -0.25) is 9.52 Å². The maximum atomic E-state index is 13.1. The molecular weight excluding hydrogens is 460 g/mol. The number of sulfonamides is 1. The van der Waals surface area contributed by atoms with Crippen LogP contribution in [0.15, 0.2) is 59.5 Å². The van der Waals surface area contributed by atoms with Gasteiger partial charge in [-0.25, -0.2) is 8.42 Å². The number of benzene rings is 3. The Bertz CT molecular complexity index is 1330. The van der Waals surface area contributed by atoms with E-state index in [-0.39, 0.29) is 22.8 Å². The Balaban J connectivity index is 1.84. The minimum atomic E-state index is -3.78. The lowest BCUT2D eigenvalue weighted by molar-refractivity contribution is 0.0940. The lowest BCUT2D eigenvalue weighted by Crippen LogP contribution is -2.27. The van der Waals surface area contributed by atoms with Gasteiger partial charge in [-0.05, 0) is 92.3 Å². The summed E-state index contributed by atoms with van der Waals surface area (Å²) >= 11 is 0.